The summed E-state index contributed by atoms with van der Waals surface area (Å²) in [7, 11) is -1.38. The number of allylic oxidation sites excluding steroid dienone is 6. The van der Waals surface area contributed by atoms with Crippen molar-refractivity contribution >= 4 is 8.07 Å². The Morgan fingerprint density at radius 2 is 1.71 bits per heavy atom. The molecule has 0 fully saturated rings. The van der Waals surface area contributed by atoms with Crippen LogP contribution >= 0.6 is 0 Å². The van der Waals surface area contributed by atoms with Gasteiger partial charge in [0.15, 0.2) is 0 Å². The van der Waals surface area contributed by atoms with Crippen LogP contribution in [0.2, 0.25) is 13.1 Å². The minimum Gasteiger partial charge on any atom is -0.103 e. The van der Waals surface area contributed by atoms with Gasteiger partial charge >= 0.3 is 0 Å². The fourth-order valence-electron chi connectivity index (χ4n) is 2.85. The fraction of sp³-hybridized carbons (Fsp3) is 0.300. The van der Waals surface area contributed by atoms with Crippen LogP contribution in [0.25, 0.3) is 0 Å². The van der Waals surface area contributed by atoms with Crippen LogP contribution in [0.1, 0.15) is 18.9 Å². The van der Waals surface area contributed by atoms with Crippen LogP contribution in [0.3, 0.4) is 0 Å². The molecule has 1 aromatic rings. The minimum atomic E-state index is -1.38. The van der Waals surface area contributed by atoms with E-state index in [9.17, 15) is 0 Å². The van der Waals surface area contributed by atoms with Crippen molar-refractivity contribution < 1.29 is 0 Å². The van der Waals surface area contributed by atoms with E-state index in [1.165, 1.54) is 17.2 Å². The molecular formula is C20H26Si. The van der Waals surface area contributed by atoms with Gasteiger partial charge in [-0.1, -0.05) is 92.0 Å². The Balaban J connectivity index is 2.10. The molecule has 0 spiro atoms. The lowest BCUT2D eigenvalue weighted by molar-refractivity contribution is 0.558. The molecular weight excluding hydrogens is 268 g/mol. The second-order valence-electron chi connectivity index (χ2n) is 6.96. The van der Waals surface area contributed by atoms with Crippen LogP contribution in [-0.4, -0.2) is 8.07 Å². The predicted octanol–water partition coefficient (Wildman–Crippen LogP) is 5.65. The molecule has 0 unspecified atom stereocenters. The molecule has 0 radical (unpaired) electrons. The Kier molecular flexibility index (Phi) is 4.84. The third kappa shape index (κ3) is 4.71. The third-order valence-electron chi connectivity index (χ3n) is 3.96. The molecule has 0 amide bonds. The molecule has 110 valence electrons. The molecule has 0 N–H and O–H groups in total. The highest BCUT2D eigenvalue weighted by atomic mass is 28.3. The lowest BCUT2D eigenvalue weighted by Crippen LogP contribution is -2.27. The van der Waals surface area contributed by atoms with Gasteiger partial charge in [-0.05, 0) is 18.0 Å². The fourth-order valence-corrected chi connectivity index (χ4v) is 5.34. The van der Waals surface area contributed by atoms with Crippen molar-refractivity contribution in [2.45, 2.75) is 32.5 Å². The number of hydrogen-bond acceptors (Lipinski definition) is 0. The summed E-state index contributed by atoms with van der Waals surface area (Å²) in [5, 5.41) is 0. The van der Waals surface area contributed by atoms with Crippen LogP contribution < -0.4 is 0 Å². The van der Waals surface area contributed by atoms with Crippen LogP contribution in [0.5, 0.6) is 0 Å². The van der Waals surface area contributed by atoms with Gasteiger partial charge in [0.25, 0.3) is 0 Å². The van der Waals surface area contributed by atoms with E-state index in [4.69, 9.17) is 0 Å². The molecule has 0 bridgehead atoms. The molecule has 1 heteroatoms. The maximum atomic E-state index is 3.85. The van der Waals surface area contributed by atoms with Gasteiger partial charge in [0.1, 0.15) is 0 Å². The summed E-state index contributed by atoms with van der Waals surface area (Å²) in [5.41, 5.74) is 5.47. The van der Waals surface area contributed by atoms with Crippen molar-refractivity contribution in [3.05, 3.63) is 84.1 Å². The predicted molar refractivity (Wildman–Crippen MR) is 96.9 cm³/mol. The molecule has 2 rings (SSSR count). The molecule has 0 atom stereocenters. The van der Waals surface area contributed by atoms with Crippen molar-refractivity contribution in [2.75, 3.05) is 0 Å². The molecule has 0 aromatic heterocycles. The van der Waals surface area contributed by atoms with E-state index in [0.717, 1.165) is 6.42 Å². The first kappa shape index (κ1) is 15.8. The Morgan fingerprint density at radius 1 is 1.10 bits per heavy atom. The molecule has 0 aliphatic heterocycles. The van der Waals surface area contributed by atoms with Gasteiger partial charge < -0.3 is 0 Å². The molecule has 0 saturated carbocycles. The van der Waals surface area contributed by atoms with Gasteiger partial charge in [-0.25, -0.2) is 0 Å². The maximum absolute atomic E-state index is 3.85. The van der Waals surface area contributed by atoms with Crippen molar-refractivity contribution in [3.8, 4) is 0 Å². The Bertz CT molecular complexity index is 557. The van der Waals surface area contributed by atoms with Crippen LogP contribution in [0.4, 0.5) is 0 Å². The summed E-state index contributed by atoms with van der Waals surface area (Å²) in [6, 6.07) is 12.0. The summed E-state index contributed by atoms with van der Waals surface area (Å²) in [6.45, 7) is 11.0. The van der Waals surface area contributed by atoms with Crippen molar-refractivity contribution in [1.82, 2.24) is 0 Å². The van der Waals surface area contributed by atoms with Gasteiger partial charge in [-0.2, -0.15) is 0 Å². The summed E-state index contributed by atoms with van der Waals surface area (Å²) in [6.07, 6.45) is 12.2. The standard InChI is InChI=1S/C20H26Si/c1-5-13-20(2)14-11-19(12-15-20)17-21(3,4)16-18-9-7-6-8-10-18/h5-12,14-15,17H,1,13,16H2,2-4H3. The number of hydrogen-bond donors (Lipinski definition) is 0. The van der Waals surface area contributed by atoms with E-state index in [-0.39, 0.29) is 5.41 Å². The summed E-state index contributed by atoms with van der Waals surface area (Å²) < 4.78 is 0. The zero-order valence-electron chi connectivity index (χ0n) is 13.5. The zero-order chi connectivity index (χ0) is 15.3. The van der Waals surface area contributed by atoms with Gasteiger partial charge in [0.05, 0.1) is 8.07 Å². The van der Waals surface area contributed by atoms with E-state index in [1.54, 1.807) is 0 Å². The van der Waals surface area contributed by atoms with Gasteiger partial charge in [0, 0.05) is 5.41 Å². The van der Waals surface area contributed by atoms with E-state index >= 15 is 0 Å². The summed E-state index contributed by atoms with van der Waals surface area (Å²) in [5.74, 6) is 0. The highest BCUT2D eigenvalue weighted by Crippen LogP contribution is 2.31. The lowest BCUT2D eigenvalue weighted by Gasteiger charge is -2.25. The van der Waals surface area contributed by atoms with Gasteiger partial charge in [-0.15, -0.1) is 6.58 Å². The largest absolute Gasteiger partial charge is 0.103 e. The Hall–Kier alpha value is -1.60. The van der Waals surface area contributed by atoms with E-state index in [0.29, 0.717) is 0 Å². The van der Waals surface area contributed by atoms with Gasteiger partial charge in [-0.3, -0.25) is 0 Å². The topological polar surface area (TPSA) is 0 Å². The first-order valence-electron chi connectivity index (χ1n) is 7.69. The second-order valence-corrected chi connectivity index (χ2v) is 11.6. The minimum absolute atomic E-state index is 0.143. The smallest absolute Gasteiger partial charge is 0.0768 e. The first-order valence-corrected chi connectivity index (χ1v) is 11.0. The van der Waals surface area contributed by atoms with E-state index in [1.807, 2.05) is 6.08 Å². The number of benzene rings is 1. The molecule has 0 nitrogen and oxygen atoms in total. The highest BCUT2D eigenvalue weighted by Gasteiger charge is 2.21. The number of rotatable bonds is 5. The van der Waals surface area contributed by atoms with Crippen molar-refractivity contribution in [2.24, 2.45) is 5.41 Å². The summed E-state index contributed by atoms with van der Waals surface area (Å²) >= 11 is 0. The van der Waals surface area contributed by atoms with Crippen molar-refractivity contribution in [1.29, 1.82) is 0 Å². The van der Waals surface area contributed by atoms with Crippen LogP contribution in [0.15, 0.2) is 78.6 Å². The van der Waals surface area contributed by atoms with E-state index < -0.39 is 8.07 Å². The molecule has 1 aliphatic rings. The lowest BCUT2D eigenvalue weighted by atomic mass is 9.82. The molecule has 1 aliphatic carbocycles. The quantitative estimate of drug-likeness (QED) is 0.486. The third-order valence-corrected chi connectivity index (χ3v) is 6.39. The highest BCUT2D eigenvalue weighted by molar-refractivity contribution is 6.81. The SMILES string of the molecule is C=CCC1(C)C=CC(=C[Si](C)(C)Cc2ccccc2)C=C1. The molecule has 21 heavy (non-hydrogen) atoms. The molecule has 1 aromatic carbocycles. The summed E-state index contributed by atoms with van der Waals surface area (Å²) in [4.78, 5) is 0. The van der Waals surface area contributed by atoms with Gasteiger partial charge in [0.2, 0.25) is 0 Å². The molecule has 0 saturated heterocycles. The molecule has 0 heterocycles. The Morgan fingerprint density at radius 3 is 2.29 bits per heavy atom. The average molecular weight is 295 g/mol. The Labute approximate surface area is 130 Å². The average Bonchev–Trinajstić information content (AvgIpc) is 2.42. The first-order chi connectivity index (χ1) is 9.92. The monoisotopic (exact) mass is 294 g/mol. The van der Waals surface area contributed by atoms with Crippen LogP contribution in [-0.2, 0) is 6.04 Å². The van der Waals surface area contributed by atoms with Crippen molar-refractivity contribution in [3.63, 3.8) is 0 Å². The zero-order valence-corrected chi connectivity index (χ0v) is 14.5. The normalized spacial score (nSPS) is 21.4. The maximum Gasteiger partial charge on any atom is 0.0768 e. The second kappa shape index (κ2) is 6.44. The van der Waals surface area contributed by atoms with E-state index in [2.05, 4.69) is 86.9 Å². The van der Waals surface area contributed by atoms with Crippen LogP contribution in [0, 0.1) is 5.41 Å².